The van der Waals surface area contributed by atoms with Gasteiger partial charge in [-0.1, -0.05) is 34.1 Å². The second-order valence-electron chi connectivity index (χ2n) is 5.11. The average molecular weight is 350 g/mol. The molecule has 0 bridgehead atoms. The number of phenols is 1. The summed E-state index contributed by atoms with van der Waals surface area (Å²) in [5.41, 5.74) is 3.39. The Morgan fingerprint density at radius 2 is 1.90 bits per heavy atom. The molecule has 0 amide bonds. The van der Waals surface area contributed by atoms with E-state index in [2.05, 4.69) is 34.2 Å². The molecule has 0 heterocycles. The zero-order valence-corrected chi connectivity index (χ0v) is 13.9. The Hall–Kier alpha value is -1.52. The maximum atomic E-state index is 9.32. The number of aromatic hydroxyl groups is 1. The van der Waals surface area contributed by atoms with Crippen LogP contribution in [0.15, 0.2) is 46.9 Å². The Kier molecular flexibility index (Phi) is 5.65. The Labute approximate surface area is 134 Å². The van der Waals surface area contributed by atoms with E-state index < -0.39 is 0 Å². The van der Waals surface area contributed by atoms with Gasteiger partial charge in [0.25, 0.3) is 0 Å². The van der Waals surface area contributed by atoms with E-state index in [0.717, 1.165) is 22.1 Å². The third kappa shape index (κ3) is 4.48. The summed E-state index contributed by atoms with van der Waals surface area (Å²) in [6.45, 7) is 2.71. The number of methoxy groups -OCH3 is 1. The molecule has 2 N–H and O–H groups in total. The molecule has 1 unspecified atom stereocenters. The van der Waals surface area contributed by atoms with E-state index >= 15 is 0 Å². The fourth-order valence-corrected chi connectivity index (χ4v) is 2.77. The number of benzene rings is 2. The van der Waals surface area contributed by atoms with Gasteiger partial charge in [-0.05, 0) is 43.2 Å². The van der Waals surface area contributed by atoms with Gasteiger partial charge in [-0.15, -0.1) is 0 Å². The molecular formula is C17H20BrNO2. The van der Waals surface area contributed by atoms with E-state index in [1.165, 1.54) is 5.56 Å². The van der Waals surface area contributed by atoms with E-state index in [-0.39, 0.29) is 6.04 Å². The maximum Gasteiger partial charge on any atom is 0.115 e. The first kappa shape index (κ1) is 15.9. The van der Waals surface area contributed by atoms with Gasteiger partial charge >= 0.3 is 0 Å². The van der Waals surface area contributed by atoms with E-state index in [1.54, 1.807) is 19.2 Å². The van der Waals surface area contributed by atoms with Crippen molar-refractivity contribution in [1.82, 2.24) is 0 Å². The Morgan fingerprint density at radius 3 is 2.57 bits per heavy atom. The lowest BCUT2D eigenvalue weighted by Crippen LogP contribution is -2.19. The first-order valence-electron chi connectivity index (χ1n) is 6.91. The molecule has 0 spiro atoms. The molecule has 3 nitrogen and oxygen atoms in total. The highest BCUT2D eigenvalue weighted by Crippen LogP contribution is 2.26. The molecule has 112 valence electrons. The molecule has 2 aromatic carbocycles. The van der Waals surface area contributed by atoms with Crippen LogP contribution in [0.5, 0.6) is 5.75 Å². The van der Waals surface area contributed by atoms with Crippen molar-refractivity contribution >= 4 is 21.6 Å². The molecular weight excluding hydrogens is 330 g/mol. The van der Waals surface area contributed by atoms with E-state index in [4.69, 9.17) is 4.74 Å². The largest absolute Gasteiger partial charge is 0.508 e. The van der Waals surface area contributed by atoms with Crippen LogP contribution in [0.3, 0.4) is 0 Å². The van der Waals surface area contributed by atoms with E-state index in [1.807, 2.05) is 24.3 Å². The van der Waals surface area contributed by atoms with Crippen LogP contribution in [-0.2, 0) is 17.8 Å². The van der Waals surface area contributed by atoms with E-state index in [9.17, 15) is 5.11 Å². The summed E-state index contributed by atoms with van der Waals surface area (Å²) in [6.07, 6.45) is 0.888. The van der Waals surface area contributed by atoms with Crippen molar-refractivity contribution in [3.63, 3.8) is 0 Å². The normalized spacial score (nSPS) is 12.1. The lowest BCUT2D eigenvalue weighted by Gasteiger charge is -2.19. The summed E-state index contributed by atoms with van der Waals surface area (Å²) in [5, 5.41) is 12.8. The number of anilines is 1. The van der Waals surface area contributed by atoms with Crippen LogP contribution in [0, 0.1) is 0 Å². The molecule has 21 heavy (non-hydrogen) atoms. The number of hydrogen-bond donors (Lipinski definition) is 2. The third-order valence-electron chi connectivity index (χ3n) is 3.29. The number of hydrogen-bond acceptors (Lipinski definition) is 3. The van der Waals surface area contributed by atoms with Crippen LogP contribution < -0.4 is 5.32 Å². The van der Waals surface area contributed by atoms with Crippen molar-refractivity contribution in [1.29, 1.82) is 0 Å². The molecule has 0 aromatic heterocycles. The fraction of sp³-hybridized carbons (Fsp3) is 0.294. The summed E-state index contributed by atoms with van der Waals surface area (Å²) >= 11 is 3.57. The minimum Gasteiger partial charge on any atom is -0.508 e. The smallest absolute Gasteiger partial charge is 0.115 e. The van der Waals surface area contributed by atoms with Gasteiger partial charge in [0, 0.05) is 28.9 Å². The lowest BCUT2D eigenvalue weighted by atomic mass is 10.1. The third-order valence-corrected chi connectivity index (χ3v) is 4.03. The number of nitrogens with one attached hydrogen (secondary N) is 1. The number of halogens is 1. The second kappa shape index (κ2) is 7.48. The maximum absolute atomic E-state index is 9.32. The van der Waals surface area contributed by atoms with Gasteiger partial charge in [-0.25, -0.2) is 0 Å². The highest BCUT2D eigenvalue weighted by atomic mass is 79.9. The molecule has 0 saturated heterocycles. The van der Waals surface area contributed by atoms with Gasteiger partial charge in [-0.2, -0.15) is 0 Å². The monoisotopic (exact) mass is 349 g/mol. The zero-order valence-electron chi connectivity index (χ0n) is 12.3. The SMILES string of the molecule is COCc1c(Br)cccc1NC(C)Cc1ccc(O)cc1. The highest BCUT2D eigenvalue weighted by Gasteiger charge is 2.10. The van der Waals surface area contributed by atoms with Crippen LogP contribution >= 0.6 is 15.9 Å². The van der Waals surface area contributed by atoms with Gasteiger partial charge in [0.2, 0.25) is 0 Å². The fourth-order valence-electron chi connectivity index (χ4n) is 2.29. The Bertz CT molecular complexity index is 584. The molecule has 0 radical (unpaired) electrons. The van der Waals surface area contributed by atoms with Crippen LogP contribution in [0.1, 0.15) is 18.1 Å². The van der Waals surface area contributed by atoms with E-state index in [0.29, 0.717) is 12.4 Å². The molecule has 0 saturated carbocycles. The van der Waals surface area contributed by atoms with Crippen molar-refractivity contribution in [2.24, 2.45) is 0 Å². The first-order valence-corrected chi connectivity index (χ1v) is 7.70. The minimum absolute atomic E-state index is 0.277. The van der Waals surface area contributed by atoms with Crippen molar-refractivity contribution in [2.75, 3.05) is 12.4 Å². The standard InChI is InChI=1S/C17H20BrNO2/c1-12(10-13-6-8-14(20)9-7-13)19-17-5-3-4-16(18)15(17)11-21-2/h3-9,12,19-20H,10-11H2,1-2H3. The topological polar surface area (TPSA) is 41.5 Å². The van der Waals surface area contributed by atoms with Gasteiger partial charge in [0.05, 0.1) is 6.61 Å². The predicted molar refractivity (Wildman–Crippen MR) is 89.8 cm³/mol. The van der Waals surface area contributed by atoms with Crippen LogP contribution in [-0.4, -0.2) is 18.3 Å². The number of rotatable bonds is 6. The second-order valence-corrected chi connectivity index (χ2v) is 5.97. The van der Waals surface area contributed by atoms with Crippen LogP contribution in [0.25, 0.3) is 0 Å². The summed E-state index contributed by atoms with van der Waals surface area (Å²) in [5.74, 6) is 0.300. The van der Waals surface area contributed by atoms with Crippen molar-refractivity contribution in [3.05, 3.63) is 58.1 Å². The van der Waals surface area contributed by atoms with Crippen molar-refractivity contribution in [3.8, 4) is 5.75 Å². The molecule has 1 atom stereocenters. The van der Waals surface area contributed by atoms with Crippen LogP contribution in [0.2, 0.25) is 0 Å². The summed E-state index contributed by atoms with van der Waals surface area (Å²) in [6, 6.07) is 13.7. The first-order chi connectivity index (χ1) is 10.1. The van der Waals surface area contributed by atoms with Crippen molar-refractivity contribution in [2.45, 2.75) is 26.0 Å². The van der Waals surface area contributed by atoms with Gasteiger partial charge in [0.15, 0.2) is 0 Å². The van der Waals surface area contributed by atoms with Gasteiger partial charge in [-0.3, -0.25) is 0 Å². The van der Waals surface area contributed by atoms with Gasteiger partial charge in [0.1, 0.15) is 5.75 Å². The molecule has 0 aliphatic rings. The quantitative estimate of drug-likeness (QED) is 0.814. The van der Waals surface area contributed by atoms with Crippen LogP contribution in [0.4, 0.5) is 5.69 Å². The number of ether oxygens (including phenoxy) is 1. The molecule has 0 aliphatic carbocycles. The summed E-state index contributed by atoms with van der Waals surface area (Å²) < 4.78 is 6.31. The Balaban J connectivity index is 2.07. The molecule has 2 aromatic rings. The average Bonchev–Trinajstić information content (AvgIpc) is 2.45. The Morgan fingerprint density at radius 1 is 1.19 bits per heavy atom. The minimum atomic E-state index is 0.277. The highest BCUT2D eigenvalue weighted by molar-refractivity contribution is 9.10. The molecule has 0 fully saturated rings. The molecule has 2 rings (SSSR count). The number of phenolic OH excluding ortho intramolecular Hbond substituents is 1. The molecule has 4 heteroatoms. The molecule has 0 aliphatic heterocycles. The summed E-state index contributed by atoms with van der Waals surface area (Å²) in [7, 11) is 1.70. The predicted octanol–water partition coefficient (Wildman–Crippen LogP) is 4.34. The van der Waals surface area contributed by atoms with Gasteiger partial charge < -0.3 is 15.2 Å². The zero-order chi connectivity index (χ0) is 15.2. The summed E-state index contributed by atoms with van der Waals surface area (Å²) in [4.78, 5) is 0. The lowest BCUT2D eigenvalue weighted by molar-refractivity contribution is 0.185. The van der Waals surface area contributed by atoms with Crippen molar-refractivity contribution < 1.29 is 9.84 Å².